The fourth-order valence-corrected chi connectivity index (χ4v) is 4.75. The molecular weight excluding hydrogens is 380 g/mol. The number of benzene rings is 1. The summed E-state index contributed by atoms with van der Waals surface area (Å²) in [5.41, 5.74) is 0.879. The Kier molecular flexibility index (Phi) is 6.67. The molecule has 7 heteroatoms. The zero-order valence-corrected chi connectivity index (χ0v) is 17.7. The smallest absolute Gasteiger partial charge is 0.250 e. The molecule has 0 N–H and O–H groups in total. The highest BCUT2D eigenvalue weighted by molar-refractivity contribution is 5.89. The molecule has 1 aromatic rings. The lowest BCUT2D eigenvalue weighted by Gasteiger charge is -2.40. The Morgan fingerprint density at radius 3 is 2.13 bits per heavy atom. The number of piperazine rings is 1. The van der Waals surface area contributed by atoms with Crippen molar-refractivity contribution < 1.29 is 14.4 Å². The van der Waals surface area contributed by atoms with Gasteiger partial charge in [0.2, 0.25) is 17.7 Å². The lowest BCUT2D eigenvalue weighted by atomic mass is 9.99. The fourth-order valence-electron chi connectivity index (χ4n) is 4.75. The minimum Gasteiger partial charge on any atom is -0.342 e. The molecule has 3 fully saturated rings. The maximum atomic E-state index is 13.5. The lowest BCUT2D eigenvalue weighted by molar-refractivity contribution is -0.149. The second kappa shape index (κ2) is 9.60. The molecule has 0 spiro atoms. The normalized spacial score (nSPS) is 21.7. The standard InChI is InChI=1S/C23H32N4O3/c28-20-10-4-5-13-27(20)22(19-8-2-1-3-9-19)23(30)26-16-14-24(15-17-26)18-21(29)25-11-6-7-12-25/h1-3,8-9,22H,4-7,10-18H2. The molecule has 1 unspecified atom stereocenters. The quantitative estimate of drug-likeness (QED) is 0.735. The van der Waals surface area contributed by atoms with E-state index in [1.807, 2.05) is 40.1 Å². The van der Waals surface area contributed by atoms with Crippen LogP contribution in [0.15, 0.2) is 30.3 Å². The highest BCUT2D eigenvalue weighted by atomic mass is 16.2. The summed E-state index contributed by atoms with van der Waals surface area (Å²) in [6.45, 7) is 5.40. The van der Waals surface area contributed by atoms with E-state index in [1.165, 1.54) is 0 Å². The summed E-state index contributed by atoms with van der Waals surface area (Å²) in [4.78, 5) is 46.3. The maximum Gasteiger partial charge on any atom is 0.250 e. The van der Waals surface area contributed by atoms with Crippen molar-refractivity contribution in [1.82, 2.24) is 19.6 Å². The average molecular weight is 413 g/mol. The van der Waals surface area contributed by atoms with Crippen molar-refractivity contribution in [2.45, 2.75) is 38.1 Å². The van der Waals surface area contributed by atoms with E-state index in [-0.39, 0.29) is 17.7 Å². The summed E-state index contributed by atoms with van der Waals surface area (Å²) in [5, 5.41) is 0. The van der Waals surface area contributed by atoms with Gasteiger partial charge >= 0.3 is 0 Å². The molecule has 1 atom stereocenters. The third kappa shape index (κ3) is 4.67. The van der Waals surface area contributed by atoms with Crippen LogP contribution in [0.4, 0.5) is 0 Å². The van der Waals surface area contributed by atoms with E-state index in [9.17, 15) is 14.4 Å². The zero-order valence-electron chi connectivity index (χ0n) is 17.7. The Bertz CT molecular complexity index is 755. The number of carbonyl (C=O) groups is 3. The van der Waals surface area contributed by atoms with Crippen molar-refractivity contribution in [3.8, 4) is 0 Å². The molecule has 1 aromatic carbocycles. The Balaban J connectivity index is 1.40. The molecule has 0 aliphatic carbocycles. The van der Waals surface area contributed by atoms with Crippen LogP contribution in [0.2, 0.25) is 0 Å². The molecule has 3 amide bonds. The summed E-state index contributed by atoms with van der Waals surface area (Å²) in [5.74, 6) is 0.272. The number of rotatable bonds is 5. The van der Waals surface area contributed by atoms with Crippen LogP contribution in [-0.2, 0) is 14.4 Å². The monoisotopic (exact) mass is 412 g/mol. The molecule has 4 rings (SSSR count). The number of nitrogens with zero attached hydrogens (tertiary/aromatic N) is 4. The van der Waals surface area contributed by atoms with Gasteiger partial charge in [-0.2, -0.15) is 0 Å². The SMILES string of the molecule is O=C(CN1CCN(C(=O)C(c2ccccc2)N2CCCCC2=O)CC1)N1CCCC1. The number of amides is 3. The highest BCUT2D eigenvalue weighted by Crippen LogP contribution is 2.28. The molecule has 30 heavy (non-hydrogen) atoms. The predicted molar refractivity (Wildman–Crippen MR) is 114 cm³/mol. The van der Waals surface area contributed by atoms with Gasteiger partial charge in [0.05, 0.1) is 6.54 Å². The second-order valence-corrected chi connectivity index (χ2v) is 8.55. The Morgan fingerprint density at radius 1 is 0.800 bits per heavy atom. The fraction of sp³-hybridized carbons (Fsp3) is 0.609. The van der Waals surface area contributed by atoms with Gasteiger partial charge in [-0.05, 0) is 31.2 Å². The number of carbonyl (C=O) groups excluding carboxylic acids is 3. The average Bonchev–Trinajstić information content (AvgIpc) is 3.32. The minimum absolute atomic E-state index is 0.00182. The van der Waals surface area contributed by atoms with E-state index >= 15 is 0 Å². The summed E-state index contributed by atoms with van der Waals surface area (Å²) in [7, 11) is 0. The summed E-state index contributed by atoms with van der Waals surface area (Å²) < 4.78 is 0. The van der Waals surface area contributed by atoms with E-state index in [0.717, 1.165) is 44.3 Å². The van der Waals surface area contributed by atoms with E-state index in [0.29, 0.717) is 45.7 Å². The Morgan fingerprint density at radius 2 is 1.47 bits per heavy atom. The van der Waals surface area contributed by atoms with Crippen LogP contribution in [0.3, 0.4) is 0 Å². The molecule has 0 bridgehead atoms. The van der Waals surface area contributed by atoms with Gasteiger partial charge in [0.1, 0.15) is 6.04 Å². The third-order valence-corrected chi connectivity index (χ3v) is 6.52. The summed E-state index contributed by atoms with van der Waals surface area (Å²) >= 11 is 0. The van der Waals surface area contributed by atoms with Crippen LogP contribution in [0.5, 0.6) is 0 Å². The van der Waals surface area contributed by atoms with Crippen LogP contribution in [0.25, 0.3) is 0 Å². The van der Waals surface area contributed by atoms with Crippen molar-refractivity contribution in [2.24, 2.45) is 0 Å². The first-order valence-electron chi connectivity index (χ1n) is 11.3. The van der Waals surface area contributed by atoms with Gasteiger partial charge in [-0.1, -0.05) is 30.3 Å². The Labute approximate surface area is 178 Å². The minimum atomic E-state index is -0.545. The van der Waals surface area contributed by atoms with Crippen LogP contribution in [-0.4, -0.2) is 89.7 Å². The number of piperidine rings is 1. The topological polar surface area (TPSA) is 64.2 Å². The predicted octanol–water partition coefficient (Wildman–Crippen LogP) is 1.51. The number of hydrogen-bond donors (Lipinski definition) is 0. The van der Waals surface area contributed by atoms with Crippen LogP contribution in [0.1, 0.15) is 43.7 Å². The van der Waals surface area contributed by atoms with Crippen LogP contribution < -0.4 is 0 Å². The highest BCUT2D eigenvalue weighted by Gasteiger charge is 2.36. The van der Waals surface area contributed by atoms with Gasteiger partial charge < -0.3 is 14.7 Å². The molecule has 0 radical (unpaired) electrons. The lowest BCUT2D eigenvalue weighted by Crippen LogP contribution is -2.54. The van der Waals surface area contributed by atoms with Crippen molar-refractivity contribution in [3.05, 3.63) is 35.9 Å². The first kappa shape index (κ1) is 20.8. The first-order valence-corrected chi connectivity index (χ1v) is 11.3. The molecule has 0 saturated carbocycles. The molecule has 7 nitrogen and oxygen atoms in total. The molecule has 3 aliphatic heterocycles. The van der Waals surface area contributed by atoms with E-state index in [2.05, 4.69) is 4.90 Å². The Hall–Kier alpha value is -2.41. The van der Waals surface area contributed by atoms with Gasteiger partial charge in [-0.25, -0.2) is 0 Å². The molecule has 3 saturated heterocycles. The van der Waals surface area contributed by atoms with E-state index in [4.69, 9.17) is 0 Å². The third-order valence-electron chi connectivity index (χ3n) is 6.52. The van der Waals surface area contributed by atoms with E-state index < -0.39 is 6.04 Å². The second-order valence-electron chi connectivity index (χ2n) is 8.55. The largest absolute Gasteiger partial charge is 0.342 e. The van der Waals surface area contributed by atoms with Crippen LogP contribution in [0, 0.1) is 0 Å². The van der Waals surface area contributed by atoms with Gasteiger partial charge in [-0.15, -0.1) is 0 Å². The van der Waals surface area contributed by atoms with Crippen molar-refractivity contribution in [3.63, 3.8) is 0 Å². The number of hydrogen-bond acceptors (Lipinski definition) is 4. The zero-order chi connectivity index (χ0) is 20.9. The molecule has 0 aromatic heterocycles. The first-order chi connectivity index (χ1) is 14.6. The van der Waals surface area contributed by atoms with Crippen LogP contribution >= 0.6 is 0 Å². The summed E-state index contributed by atoms with van der Waals surface area (Å²) in [6, 6.07) is 9.11. The molecule has 3 aliphatic rings. The van der Waals surface area contributed by atoms with Gasteiger partial charge in [0.15, 0.2) is 0 Å². The van der Waals surface area contributed by atoms with Gasteiger partial charge in [0.25, 0.3) is 0 Å². The van der Waals surface area contributed by atoms with Gasteiger partial charge in [-0.3, -0.25) is 19.3 Å². The van der Waals surface area contributed by atoms with Crippen molar-refractivity contribution in [1.29, 1.82) is 0 Å². The molecule has 3 heterocycles. The molecule has 162 valence electrons. The van der Waals surface area contributed by atoms with Crippen molar-refractivity contribution in [2.75, 3.05) is 52.4 Å². The number of likely N-dealkylation sites (tertiary alicyclic amines) is 2. The molecular formula is C23H32N4O3. The maximum absolute atomic E-state index is 13.5. The van der Waals surface area contributed by atoms with Crippen molar-refractivity contribution >= 4 is 17.7 Å². The summed E-state index contributed by atoms with van der Waals surface area (Å²) in [6.07, 6.45) is 4.56. The van der Waals surface area contributed by atoms with Gasteiger partial charge in [0, 0.05) is 52.2 Å². The van der Waals surface area contributed by atoms with E-state index in [1.54, 1.807) is 4.90 Å².